The van der Waals surface area contributed by atoms with Gasteiger partial charge < -0.3 is 0 Å². The average Bonchev–Trinajstić information content (AvgIpc) is 3.01. The Kier molecular flexibility index (Phi) is 3.12. The van der Waals surface area contributed by atoms with Crippen molar-refractivity contribution in [3.8, 4) is 0 Å². The van der Waals surface area contributed by atoms with Crippen molar-refractivity contribution >= 4 is 11.0 Å². The Morgan fingerprint density at radius 2 is 1.55 bits per heavy atom. The smallest absolute Gasteiger partial charge is 0.121 e. The van der Waals surface area contributed by atoms with E-state index in [0.29, 0.717) is 0 Å². The molecule has 106 valence electrons. The lowest BCUT2D eigenvalue weighted by Gasteiger charge is -2.17. The van der Waals surface area contributed by atoms with Crippen molar-refractivity contribution in [1.29, 1.82) is 0 Å². The fourth-order valence-corrected chi connectivity index (χ4v) is 2.69. The molecule has 2 aromatic heterocycles. The van der Waals surface area contributed by atoms with E-state index in [0.717, 1.165) is 22.3 Å². The van der Waals surface area contributed by atoms with Crippen molar-refractivity contribution in [2.75, 3.05) is 0 Å². The van der Waals surface area contributed by atoms with Gasteiger partial charge in [0.2, 0.25) is 0 Å². The lowest BCUT2D eigenvalue weighted by molar-refractivity contribution is 0.576. The summed E-state index contributed by atoms with van der Waals surface area (Å²) in [5, 5.41) is 8.65. The molecule has 0 saturated carbocycles. The first-order chi connectivity index (χ1) is 10.9. The van der Waals surface area contributed by atoms with E-state index in [9.17, 15) is 0 Å². The molecule has 0 aliphatic heterocycles. The number of fused-ring (bicyclic) bond motifs is 1. The van der Waals surface area contributed by atoms with Crippen molar-refractivity contribution in [1.82, 2.24) is 20.0 Å². The van der Waals surface area contributed by atoms with E-state index in [1.807, 2.05) is 71.5 Å². The van der Waals surface area contributed by atoms with E-state index in [1.165, 1.54) is 0 Å². The number of pyridine rings is 1. The van der Waals surface area contributed by atoms with Gasteiger partial charge in [0, 0.05) is 6.20 Å². The molecule has 4 nitrogen and oxygen atoms in total. The number of hydrogen-bond acceptors (Lipinski definition) is 3. The Hall–Kier alpha value is -3.01. The number of rotatable bonds is 3. The number of aromatic nitrogens is 4. The third-order valence-electron chi connectivity index (χ3n) is 3.71. The molecule has 0 spiro atoms. The van der Waals surface area contributed by atoms with Crippen LogP contribution in [0.5, 0.6) is 0 Å². The Balaban J connectivity index is 1.95. The van der Waals surface area contributed by atoms with Gasteiger partial charge in [-0.2, -0.15) is 0 Å². The number of para-hydroxylation sites is 1. The van der Waals surface area contributed by atoms with Gasteiger partial charge in [-0.15, -0.1) is 5.10 Å². The summed E-state index contributed by atoms with van der Waals surface area (Å²) in [4.78, 5) is 4.53. The Morgan fingerprint density at radius 3 is 2.36 bits per heavy atom. The van der Waals surface area contributed by atoms with E-state index in [-0.39, 0.29) is 6.04 Å². The fourth-order valence-electron chi connectivity index (χ4n) is 2.69. The molecule has 1 unspecified atom stereocenters. The Bertz CT molecular complexity index is 845. The molecule has 0 N–H and O–H groups in total. The summed E-state index contributed by atoms with van der Waals surface area (Å²) in [5.41, 5.74) is 3.97. The van der Waals surface area contributed by atoms with Crippen molar-refractivity contribution in [2.24, 2.45) is 0 Å². The highest BCUT2D eigenvalue weighted by atomic mass is 15.4. The monoisotopic (exact) mass is 286 g/mol. The second-order valence-electron chi connectivity index (χ2n) is 5.09. The van der Waals surface area contributed by atoms with Crippen LogP contribution in [0.2, 0.25) is 0 Å². The minimum absolute atomic E-state index is 0.0881. The summed E-state index contributed by atoms with van der Waals surface area (Å²) in [6.45, 7) is 0. The highest BCUT2D eigenvalue weighted by Gasteiger charge is 2.20. The van der Waals surface area contributed by atoms with Gasteiger partial charge in [0.05, 0.1) is 11.2 Å². The van der Waals surface area contributed by atoms with Crippen LogP contribution in [0.25, 0.3) is 11.0 Å². The number of hydrogen-bond donors (Lipinski definition) is 0. The number of nitrogens with zero attached hydrogens (tertiary/aromatic N) is 4. The third-order valence-corrected chi connectivity index (χ3v) is 3.71. The van der Waals surface area contributed by atoms with Crippen LogP contribution < -0.4 is 0 Å². The van der Waals surface area contributed by atoms with Crippen molar-refractivity contribution < 1.29 is 0 Å². The molecule has 0 bridgehead atoms. The van der Waals surface area contributed by atoms with E-state index in [4.69, 9.17) is 0 Å². The maximum Gasteiger partial charge on any atom is 0.121 e. The van der Waals surface area contributed by atoms with Crippen molar-refractivity contribution in [2.45, 2.75) is 6.04 Å². The summed E-state index contributed by atoms with van der Waals surface area (Å²) in [7, 11) is 0. The normalized spacial score (nSPS) is 12.4. The van der Waals surface area contributed by atoms with Crippen LogP contribution in [0, 0.1) is 0 Å². The van der Waals surface area contributed by atoms with Gasteiger partial charge in [-0.3, -0.25) is 4.98 Å². The largest absolute Gasteiger partial charge is 0.259 e. The van der Waals surface area contributed by atoms with Crippen LogP contribution in [0.4, 0.5) is 0 Å². The lowest BCUT2D eigenvalue weighted by Crippen LogP contribution is -2.15. The molecular weight excluding hydrogens is 272 g/mol. The van der Waals surface area contributed by atoms with Gasteiger partial charge >= 0.3 is 0 Å². The predicted octanol–water partition coefficient (Wildman–Crippen LogP) is 3.46. The number of benzene rings is 2. The van der Waals surface area contributed by atoms with Crippen molar-refractivity contribution in [3.63, 3.8) is 0 Å². The first-order valence-corrected chi connectivity index (χ1v) is 7.19. The SMILES string of the molecule is c1ccc(C(c2ccccn2)n2nnc3ccccc32)cc1. The van der Waals surface area contributed by atoms with Gasteiger partial charge in [-0.25, -0.2) is 4.68 Å². The van der Waals surface area contributed by atoms with Crippen molar-refractivity contribution in [3.05, 3.63) is 90.3 Å². The van der Waals surface area contributed by atoms with E-state index < -0.39 is 0 Å². The lowest BCUT2D eigenvalue weighted by atomic mass is 10.0. The molecule has 0 amide bonds. The molecule has 0 fully saturated rings. The molecule has 0 aliphatic rings. The van der Waals surface area contributed by atoms with Crippen LogP contribution >= 0.6 is 0 Å². The van der Waals surface area contributed by atoms with Crippen LogP contribution in [-0.2, 0) is 0 Å². The van der Waals surface area contributed by atoms with Crippen LogP contribution in [-0.4, -0.2) is 20.0 Å². The quantitative estimate of drug-likeness (QED) is 0.579. The summed E-state index contributed by atoms with van der Waals surface area (Å²) in [5.74, 6) is 0. The zero-order valence-corrected chi connectivity index (χ0v) is 11.9. The van der Waals surface area contributed by atoms with Crippen LogP contribution in [0.3, 0.4) is 0 Å². The molecule has 2 aromatic carbocycles. The average molecular weight is 286 g/mol. The first kappa shape index (κ1) is 12.7. The van der Waals surface area contributed by atoms with Gasteiger partial charge in [0.1, 0.15) is 11.6 Å². The zero-order valence-electron chi connectivity index (χ0n) is 11.9. The standard InChI is InChI=1S/C18H14N4/c1-2-8-14(9-3-1)18(16-11-6-7-13-19-16)22-17-12-5-4-10-15(17)20-21-22/h1-13,18H. The third kappa shape index (κ3) is 2.15. The van der Waals surface area contributed by atoms with Gasteiger partial charge in [0.15, 0.2) is 0 Å². The molecule has 0 aliphatic carbocycles. The van der Waals surface area contributed by atoms with E-state index in [2.05, 4.69) is 27.4 Å². The van der Waals surface area contributed by atoms with Crippen LogP contribution in [0.1, 0.15) is 17.3 Å². The summed E-state index contributed by atoms with van der Waals surface area (Å²) in [6.07, 6.45) is 1.81. The second-order valence-corrected chi connectivity index (χ2v) is 5.09. The van der Waals surface area contributed by atoms with Crippen LogP contribution in [0.15, 0.2) is 79.0 Å². The molecular formula is C18H14N4. The maximum atomic E-state index is 4.53. The second kappa shape index (κ2) is 5.41. The molecule has 0 saturated heterocycles. The molecule has 4 aromatic rings. The Morgan fingerprint density at radius 1 is 0.773 bits per heavy atom. The topological polar surface area (TPSA) is 43.6 Å². The molecule has 4 heteroatoms. The fraction of sp³-hybridized carbons (Fsp3) is 0.0556. The molecule has 0 radical (unpaired) electrons. The Labute approximate surface area is 128 Å². The summed E-state index contributed by atoms with van der Waals surface area (Å²) < 4.78 is 1.94. The first-order valence-electron chi connectivity index (χ1n) is 7.19. The van der Waals surface area contributed by atoms with E-state index in [1.54, 1.807) is 0 Å². The zero-order chi connectivity index (χ0) is 14.8. The molecule has 4 rings (SSSR count). The van der Waals surface area contributed by atoms with Gasteiger partial charge in [-0.1, -0.05) is 53.7 Å². The summed E-state index contributed by atoms with van der Waals surface area (Å²) in [6, 6.07) is 24.1. The predicted molar refractivity (Wildman–Crippen MR) is 85.4 cm³/mol. The minimum Gasteiger partial charge on any atom is -0.259 e. The summed E-state index contributed by atoms with van der Waals surface area (Å²) >= 11 is 0. The van der Waals surface area contributed by atoms with E-state index >= 15 is 0 Å². The highest BCUT2D eigenvalue weighted by Crippen LogP contribution is 2.27. The van der Waals surface area contributed by atoms with Gasteiger partial charge in [-0.05, 0) is 29.8 Å². The van der Waals surface area contributed by atoms with Gasteiger partial charge in [0.25, 0.3) is 0 Å². The molecule has 2 heterocycles. The highest BCUT2D eigenvalue weighted by molar-refractivity contribution is 5.74. The molecule has 22 heavy (non-hydrogen) atoms. The molecule has 1 atom stereocenters. The maximum absolute atomic E-state index is 4.53. The minimum atomic E-state index is -0.0881.